The Kier molecular flexibility index (Phi) is 9.14. The molecular weight excluding hydrogens is 500 g/mol. The predicted octanol–water partition coefficient (Wildman–Crippen LogP) is 7.21. The molecule has 36 heavy (non-hydrogen) atoms. The molecule has 0 bridgehead atoms. The lowest BCUT2D eigenvalue weighted by atomic mass is 9.74. The molecule has 1 saturated heterocycles. The second-order valence-electron chi connectivity index (χ2n) is 11.9. The van der Waals surface area contributed by atoms with Gasteiger partial charge in [0, 0.05) is 41.1 Å². The highest BCUT2D eigenvalue weighted by Gasteiger charge is 2.55. The van der Waals surface area contributed by atoms with Gasteiger partial charge in [-0.2, -0.15) is 0 Å². The molecule has 4 unspecified atom stereocenters. The molecule has 0 amide bonds. The minimum atomic E-state index is -0.693. The van der Waals surface area contributed by atoms with Crippen LogP contribution < -0.4 is 0 Å². The standard InChI is InChI=1S/C29H38Cl2FNO3/c1-28(2,3)17-23-25(21-12-11-20(31)16-22(21)32)24(18-9-7-10-19(30)15-18)26(33(23)13-8-14-34)27(35)36-29(4,5)6/h7,9-12,15-16,23-26,34H,8,13-14,17H2,1-6H3. The van der Waals surface area contributed by atoms with Crippen molar-refractivity contribution in [1.82, 2.24) is 4.90 Å². The molecule has 2 aromatic carbocycles. The highest BCUT2D eigenvalue weighted by atomic mass is 35.5. The lowest BCUT2D eigenvalue weighted by Gasteiger charge is -2.35. The van der Waals surface area contributed by atoms with E-state index in [-0.39, 0.29) is 30.0 Å². The van der Waals surface area contributed by atoms with Gasteiger partial charge in [-0.15, -0.1) is 0 Å². The zero-order valence-electron chi connectivity index (χ0n) is 22.0. The molecule has 0 aliphatic carbocycles. The molecule has 1 N–H and O–H groups in total. The number of nitrogens with zero attached hydrogens (tertiary/aromatic N) is 1. The van der Waals surface area contributed by atoms with Gasteiger partial charge < -0.3 is 9.84 Å². The molecule has 0 aromatic heterocycles. The number of likely N-dealkylation sites (tertiary alicyclic amines) is 1. The number of esters is 1. The van der Waals surface area contributed by atoms with E-state index in [2.05, 4.69) is 25.7 Å². The molecule has 0 spiro atoms. The topological polar surface area (TPSA) is 49.8 Å². The van der Waals surface area contributed by atoms with Crippen LogP contribution in [0.4, 0.5) is 4.39 Å². The van der Waals surface area contributed by atoms with Crippen LogP contribution in [0.25, 0.3) is 0 Å². The van der Waals surface area contributed by atoms with Crippen LogP contribution in [0.3, 0.4) is 0 Å². The second-order valence-corrected chi connectivity index (χ2v) is 12.8. The minimum absolute atomic E-state index is 0.0123. The minimum Gasteiger partial charge on any atom is -0.459 e. The molecule has 4 nitrogen and oxygen atoms in total. The van der Waals surface area contributed by atoms with E-state index in [4.69, 9.17) is 27.9 Å². The third kappa shape index (κ3) is 7.00. The van der Waals surface area contributed by atoms with Gasteiger partial charge in [-0.25, -0.2) is 4.39 Å². The first-order chi connectivity index (χ1) is 16.7. The number of halogens is 3. The largest absolute Gasteiger partial charge is 0.459 e. The molecule has 1 fully saturated rings. The molecular formula is C29H38Cl2FNO3. The van der Waals surface area contributed by atoms with E-state index in [0.717, 1.165) is 5.56 Å². The van der Waals surface area contributed by atoms with Crippen molar-refractivity contribution >= 4 is 29.2 Å². The van der Waals surface area contributed by atoms with Gasteiger partial charge in [0.25, 0.3) is 0 Å². The van der Waals surface area contributed by atoms with E-state index in [9.17, 15) is 9.90 Å². The third-order valence-electron chi connectivity index (χ3n) is 6.52. The summed E-state index contributed by atoms with van der Waals surface area (Å²) in [6.45, 7) is 12.4. The number of benzene rings is 2. The van der Waals surface area contributed by atoms with Crippen LogP contribution in [0.5, 0.6) is 0 Å². The van der Waals surface area contributed by atoms with E-state index in [1.165, 1.54) is 6.07 Å². The number of ether oxygens (including phenoxy) is 1. The van der Waals surface area contributed by atoms with E-state index in [1.807, 2.05) is 39.0 Å². The smallest absolute Gasteiger partial charge is 0.324 e. The van der Waals surface area contributed by atoms with Gasteiger partial charge >= 0.3 is 5.97 Å². The van der Waals surface area contributed by atoms with Crippen molar-refractivity contribution in [2.24, 2.45) is 5.41 Å². The maximum atomic E-state index is 15.6. The van der Waals surface area contributed by atoms with Crippen molar-refractivity contribution < 1.29 is 19.0 Å². The summed E-state index contributed by atoms with van der Waals surface area (Å²) >= 11 is 12.5. The van der Waals surface area contributed by atoms with Crippen LogP contribution in [0.15, 0.2) is 42.5 Å². The first kappa shape index (κ1) is 28.9. The maximum absolute atomic E-state index is 15.6. The predicted molar refractivity (Wildman–Crippen MR) is 144 cm³/mol. The van der Waals surface area contributed by atoms with Crippen LogP contribution >= 0.6 is 23.2 Å². The summed E-state index contributed by atoms with van der Waals surface area (Å²) in [4.78, 5) is 16.0. The lowest BCUT2D eigenvalue weighted by Crippen LogP contribution is -2.46. The number of carbonyl (C=O) groups excluding carboxylic acids is 1. The Morgan fingerprint density at radius 1 is 1.03 bits per heavy atom. The Bertz CT molecular complexity index is 1060. The van der Waals surface area contributed by atoms with E-state index in [1.54, 1.807) is 18.2 Å². The second kappa shape index (κ2) is 11.4. The van der Waals surface area contributed by atoms with E-state index in [0.29, 0.717) is 35.0 Å². The highest BCUT2D eigenvalue weighted by Crippen LogP contribution is 2.52. The van der Waals surface area contributed by atoms with Gasteiger partial charge in [-0.05, 0) is 74.4 Å². The fourth-order valence-corrected chi connectivity index (χ4v) is 5.76. The summed E-state index contributed by atoms with van der Waals surface area (Å²) < 4.78 is 21.5. The number of aliphatic hydroxyl groups excluding tert-OH is 1. The summed E-state index contributed by atoms with van der Waals surface area (Å²) in [7, 11) is 0. The van der Waals surface area contributed by atoms with Crippen molar-refractivity contribution in [2.45, 2.75) is 83.9 Å². The highest BCUT2D eigenvalue weighted by molar-refractivity contribution is 6.30. The fourth-order valence-electron chi connectivity index (χ4n) is 5.40. The first-order valence-electron chi connectivity index (χ1n) is 12.5. The Hall–Kier alpha value is -1.66. The summed E-state index contributed by atoms with van der Waals surface area (Å²) in [6, 6.07) is 11.3. The van der Waals surface area contributed by atoms with Gasteiger partial charge in [0.2, 0.25) is 0 Å². The molecule has 3 rings (SSSR count). The normalized spacial score (nSPS) is 23.2. The Balaban J connectivity index is 2.29. The Labute approximate surface area is 224 Å². The van der Waals surface area contributed by atoms with Crippen LogP contribution in [-0.2, 0) is 9.53 Å². The average molecular weight is 539 g/mol. The van der Waals surface area contributed by atoms with Crippen molar-refractivity contribution in [3.8, 4) is 0 Å². The monoisotopic (exact) mass is 537 g/mol. The van der Waals surface area contributed by atoms with E-state index >= 15 is 4.39 Å². The van der Waals surface area contributed by atoms with Crippen molar-refractivity contribution in [2.75, 3.05) is 13.2 Å². The summed E-state index contributed by atoms with van der Waals surface area (Å²) in [6.07, 6.45) is 1.19. The summed E-state index contributed by atoms with van der Waals surface area (Å²) in [5.74, 6) is -1.54. The SMILES string of the molecule is CC(C)(C)CC1C(c2ccc(Cl)cc2F)C(c2cccc(Cl)c2)C(C(=O)OC(C)(C)C)N1CCCO. The van der Waals surface area contributed by atoms with Gasteiger partial charge in [0.1, 0.15) is 17.5 Å². The lowest BCUT2D eigenvalue weighted by molar-refractivity contribution is -0.161. The van der Waals surface area contributed by atoms with Crippen molar-refractivity contribution in [3.05, 3.63) is 69.5 Å². The molecule has 0 saturated carbocycles. The molecule has 2 aromatic rings. The average Bonchev–Trinajstić information content (AvgIpc) is 3.03. The van der Waals surface area contributed by atoms with Crippen LogP contribution in [0.2, 0.25) is 10.0 Å². The van der Waals surface area contributed by atoms with Crippen molar-refractivity contribution in [1.29, 1.82) is 0 Å². The number of aliphatic hydroxyl groups is 1. The fraction of sp³-hybridized carbons (Fsp3) is 0.552. The summed E-state index contributed by atoms with van der Waals surface area (Å²) in [5.41, 5.74) is 0.564. The number of hydrogen-bond donors (Lipinski definition) is 1. The quantitative estimate of drug-likeness (QED) is 0.379. The van der Waals surface area contributed by atoms with Crippen LogP contribution in [0, 0.1) is 11.2 Å². The van der Waals surface area contributed by atoms with E-state index < -0.39 is 23.4 Å². The zero-order valence-corrected chi connectivity index (χ0v) is 23.5. The van der Waals surface area contributed by atoms with Gasteiger partial charge in [-0.3, -0.25) is 9.69 Å². The summed E-state index contributed by atoms with van der Waals surface area (Å²) in [5, 5.41) is 10.6. The Morgan fingerprint density at radius 2 is 1.69 bits per heavy atom. The maximum Gasteiger partial charge on any atom is 0.324 e. The molecule has 1 aliphatic rings. The molecule has 1 aliphatic heterocycles. The number of rotatable bonds is 7. The number of carbonyl (C=O) groups is 1. The van der Waals surface area contributed by atoms with Crippen LogP contribution in [0.1, 0.15) is 77.3 Å². The van der Waals surface area contributed by atoms with Gasteiger partial charge in [-0.1, -0.05) is 62.2 Å². The molecule has 4 atom stereocenters. The first-order valence-corrected chi connectivity index (χ1v) is 13.3. The molecule has 1 heterocycles. The molecule has 0 radical (unpaired) electrons. The number of hydrogen-bond acceptors (Lipinski definition) is 4. The van der Waals surface area contributed by atoms with Gasteiger partial charge in [0.05, 0.1) is 0 Å². The van der Waals surface area contributed by atoms with Crippen molar-refractivity contribution in [3.63, 3.8) is 0 Å². The zero-order chi connectivity index (χ0) is 26.8. The molecule has 7 heteroatoms. The molecule has 198 valence electrons. The van der Waals surface area contributed by atoms with Gasteiger partial charge in [0.15, 0.2) is 0 Å². The van der Waals surface area contributed by atoms with Crippen LogP contribution in [-0.4, -0.2) is 46.8 Å². The Morgan fingerprint density at radius 3 is 2.25 bits per heavy atom. The third-order valence-corrected chi connectivity index (χ3v) is 6.99.